The Kier molecular flexibility index (Phi) is 3.12. The highest BCUT2D eigenvalue weighted by molar-refractivity contribution is 5.85. The number of nitrogens with one attached hydrogen (secondary N) is 1. The normalized spacial score (nSPS) is 26.1. The predicted octanol–water partition coefficient (Wildman–Crippen LogP) is 2.18. The lowest BCUT2D eigenvalue weighted by Gasteiger charge is -1.97. The zero-order chi connectivity index (χ0) is 7.68. The van der Waals surface area contributed by atoms with E-state index in [4.69, 9.17) is 0 Å². The molecule has 1 N–H and O–H groups in total. The van der Waals surface area contributed by atoms with Gasteiger partial charge in [0.25, 0.3) is 0 Å². The SMILES string of the molecule is CNC1CC1c1ccccc1.Cl. The van der Waals surface area contributed by atoms with Crippen molar-refractivity contribution in [1.82, 2.24) is 5.32 Å². The molecule has 1 aromatic carbocycles. The second-order valence-corrected chi connectivity index (χ2v) is 3.15. The molecule has 12 heavy (non-hydrogen) atoms. The Bertz CT molecular complexity index is 235. The summed E-state index contributed by atoms with van der Waals surface area (Å²) in [6.07, 6.45) is 1.31. The average molecular weight is 184 g/mol. The lowest BCUT2D eigenvalue weighted by molar-refractivity contribution is 0.783. The summed E-state index contributed by atoms with van der Waals surface area (Å²) in [5, 5.41) is 3.29. The number of rotatable bonds is 2. The van der Waals surface area contributed by atoms with E-state index in [0.717, 1.165) is 12.0 Å². The zero-order valence-corrected chi connectivity index (χ0v) is 7.97. The van der Waals surface area contributed by atoms with E-state index in [9.17, 15) is 0 Å². The number of hydrogen-bond donors (Lipinski definition) is 1. The molecule has 0 saturated heterocycles. The van der Waals surface area contributed by atoms with Gasteiger partial charge in [0, 0.05) is 12.0 Å². The monoisotopic (exact) mass is 183 g/mol. The van der Waals surface area contributed by atoms with E-state index in [1.165, 1.54) is 12.0 Å². The van der Waals surface area contributed by atoms with Crippen molar-refractivity contribution in [1.29, 1.82) is 0 Å². The van der Waals surface area contributed by atoms with Gasteiger partial charge in [-0.15, -0.1) is 12.4 Å². The summed E-state index contributed by atoms with van der Waals surface area (Å²) in [6.45, 7) is 0. The van der Waals surface area contributed by atoms with E-state index < -0.39 is 0 Å². The number of benzene rings is 1. The van der Waals surface area contributed by atoms with Crippen LogP contribution in [0, 0.1) is 0 Å². The van der Waals surface area contributed by atoms with Crippen molar-refractivity contribution in [2.75, 3.05) is 7.05 Å². The van der Waals surface area contributed by atoms with E-state index in [1.807, 2.05) is 7.05 Å². The zero-order valence-electron chi connectivity index (χ0n) is 7.16. The van der Waals surface area contributed by atoms with Crippen LogP contribution in [0.1, 0.15) is 17.9 Å². The van der Waals surface area contributed by atoms with E-state index in [0.29, 0.717) is 0 Å². The number of hydrogen-bond acceptors (Lipinski definition) is 1. The number of likely N-dealkylation sites (N-methyl/N-ethyl adjacent to an activating group) is 1. The van der Waals surface area contributed by atoms with Crippen LogP contribution in [-0.4, -0.2) is 13.1 Å². The first-order valence-corrected chi connectivity index (χ1v) is 4.14. The lowest BCUT2D eigenvalue weighted by atomic mass is 10.1. The van der Waals surface area contributed by atoms with Gasteiger partial charge in [-0.2, -0.15) is 0 Å². The maximum atomic E-state index is 3.29. The van der Waals surface area contributed by atoms with Gasteiger partial charge < -0.3 is 5.32 Å². The minimum Gasteiger partial charge on any atom is -0.316 e. The molecule has 1 fully saturated rings. The van der Waals surface area contributed by atoms with E-state index in [1.54, 1.807) is 0 Å². The number of halogens is 1. The van der Waals surface area contributed by atoms with Crippen molar-refractivity contribution in [2.24, 2.45) is 0 Å². The van der Waals surface area contributed by atoms with Crippen molar-refractivity contribution in [3.05, 3.63) is 35.9 Å². The molecular formula is C10H14ClN. The molecule has 0 radical (unpaired) electrons. The fourth-order valence-corrected chi connectivity index (χ4v) is 1.58. The Morgan fingerprint density at radius 3 is 2.42 bits per heavy atom. The van der Waals surface area contributed by atoms with Crippen LogP contribution in [0.5, 0.6) is 0 Å². The van der Waals surface area contributed by atoms with Crippen LogP contribution in [0.4, 0.5) is 0 Å². The first-order valence-electron chi connectivity index (χ1n) is 4.14. The maximum Gasteiger partial charge on any atom is 0.0140 e. The van der Waals surface area contributed by atoms with Gasteiger partial charge in [-0.25, -0.2) is 0 Å². The second-order valence-electron chi connectivity index (χ2n) is 3.15. The van der Waals surface area contributed by atoms with Gasteiger partial charge in [-0.3, -0.25) is 0 Å². The minimum atomic E-state index is 0. The smallest absolute Gasteiger partial charge is 0.0140 e. The van der Waals surface area contributed by atoms with Crippen LogP contribution >= 0.6 is 12.4 Å². The summed E-state index contributed by atoms with van der Waals surface area (Å²) in [6, 6.07) is 11.4. The fourth-order valence-electron chi connectivity index (χ4n) is 1.58. The standard InChI is InChI=1S/C10H13N.ClH/c1-11-10-7-9(10)8-5-3-2-4-6-8;/h2-6,9-11H,7H2,1H3;1H. The molecule has 1 aliphatic carbocycles. The molecule has 2 unspecified atom stereocenters. The predicted molar refractivity (Wildman–Crippen MR) is 53.9 cm³/mol. The molecule has 2 heteroatoms. The third-order valence-electron chi connectivity index (χ3n) is 2.39. The molecule has 66 valence electrons. The summed E-state index contributed by atoms with van der Waals surface area (Å²) in [5.74, 6) is 0.779. The molecule has 0 spiro atoms. The molecule has 1 nitrogen and oxygen atoms in total. The van der Waals surface area contributed by atoms with E-state index in [2.05, 4.69) is 35.6 Å². The molecular weight excluding hydrogens is 170 g/mol. The van der Waals surface area contributed by atoms with Gasteiger partial charge in [-0.05, 0) is 19.0 Å². The van der Waals surface area contributed by atoms with Crippen molar-refractivity contribution in [3.8, 4) is 0 Å². The third kappa shape index (κ3) is 1.79. The van der Waals surface area contributed by atoms with Crippen LogP contribution in [0.15, 0.2) is 30.3 Å². The van der Waals surface area contributed by atoms with Crippen molar-refractivity contribution < 1.29 is 0 Å². The van der Waals surface area contributed by atoms with Gasteiger partial charge in [0.2, 0.25) is 0 Å². The highest BCUT2D eigenvalue weighted by Gasteiger charge is 2.36. The van der Waals surface area contributed by atoms with Gasteiger partial charge in [-0.1, -0.05) is 30.3 Å². The van der Waals surface area contributed by atoms with Crippen LogP contribution in [0.3, 0.4) is 0 Å². The molecule has 2 rings (SSSR count). The lowest BCUT2D eigenvalue weighted by Crippen LogP contribution is -2.09. The molecule has 1 aromatic rings. The average Bonchev–Trinajstić information content (AvgIpc) is 2.85. The fraction of sp³-hybridized carbons (Fsp3) is 0.400. The Labute approximate surface area is 79.6 Å². The van der Waals surface area contributed by atoms with Crippen molar-refractivity contribution in [2.45, 2.75) is 18.4 Å². The largest absolute Gasteiger partial charge is 0.316 e. The van der Waals surface area contributed by atoms with E-state index >= 15 is 0 Å². The first kappa shape index (κ1) is 9.56. The molecule has 0 heterocycles. The van der Waals surface area contributed by atoms with Gasteiger partial charge in [0.05, 0.1) is 0 Å². The Morgan fingerprint density at radius 2 is 1.92 bits per heavy atom. The first-order chi connectivity index (χ1) is 5.42. The molecule has 1 saturated carbocycles. The third-order valence-corrected chi connectivity index (χ3v) is 2.39. The Hall–Kier alpha value is -0.530. The van der Waals surface area contributed by atoms with E-state index in [-0.39, 0.29) is 12.4 Å². The second kappa shape index (κ2) is 3.92. The molecule has 2 atom stereocenters. The highest BCUT2D eigenvalue weighted by atomic mass is 35.5. The van der Waals surface area contributed by atoms with Crippen LogP contribution in [-0.2, 0) is 0 Å². The molecule has 0 aliphatic heterocycles. The summed E-state index contributed by atoms with van der Waals surface area (Å²) < 4.78 is 0. The maximum absolute atomic E-state index is 3.29. The molecule has 1 aliphatic rings. The summed E-state index contributed by atoms with van der Waals surface area (Å²) >= 11 is 0. The van der Waals surface area contributed by atoms with Crippen LogP contribution < -0.4 is 5.32 Å². The highest BCUT2D eigenvalue weighted by Crippen LogP contribution is 2.39. The topological polar surface area (TPSA) is 12.0 Å². The summed E-state index contributed by atoms with van der Waals surface area (Å²) in [4.78, 5) is 0. The van der Waals surface area contributed by atoms with Crippen molar-refractivity contribution in [3.63, 3.8) is 0 Å². The van der Waals surface area contributed by atoms with Crippen LogP contribution in [0.2, 0.25) is 0 Å². The van der Waals surface area contributed by atoms with Gasteiger partial charge in [0.1, 0.15) is 0 Å². The van der Waals surface area contributed by atoms with Crippen LogP contribution in [0.25, 0.3) is 0 Å². The summed E-state index contributed by atoms with van der Waals surface area (Å²) in [7, 11) is 2.04. The molecule has 0 amide bonds. The summed E-state index contributed by atoms with van der Waals surface area (Å²) in [5.41, 5.74) is 1.48. The van der Waals surface area contributed by atoms with Crippen molar-refractivity contribution >= 4 is 12.4 Å². The molecule has 0 aromatic heterocycles. The Balaban J connectivity index is 0.000000720. The molecule has 0 bridgehead atoms. The quantitative estimate of drug-likeness (QED) is 0.741. The minimum absolute atomic E-state index is 0. The Morgan fingerprint density at radius 1 is 1.25 bits per heavy atom. The van der Waals surface area contributed by atoms with Gasteiger partial charge in [0.15, 0.2) is 0 Å². The van der Waals surface area contributed by atoms with Gasteiger partial charge >= 0.3 is 0 Å².